The highest BCUT2D eigenvalue weighted by atomic mass is 16.2. The van der Waals surface area contributed by atoms with Gasteiger partial charge in [0.2, 0.25) is 5.91 Å². The lowest BCUT2D eigenvalue weighted by Crippen LogP contribution is -2.43. The third kappa shape index (κ3) is 4.91. The zero-order valence-corrected chi connectivity index (χ0v) is 14.9. The second-order valence-electron chi connectivity index (χ2n) is 6.69. The Bertz CT molecular complexity index is 711. The van der Waals surface area contributed by atoms with E-state index in [1.165, 1.54) is 5.56 Å². The third-order valence-corrected chi connectivity index (χ3v) is 4.85. The zero-order valence-electron chi connectivity index (χ0n) is 14.9. The maximum Gasteiger partial charge on any atom is 0.255 e. The van der Waals surface area contributed by atoms with E-state index in [1.54, 1.807) is 24.5 Å². The van der Waals surface area contributed by atoms with Gasteiger partial charge in [-0.2, -0.15) is 0 Å². The Hall–Kier alpha value is -2.69. The summed E-state index contributed by atoms with van der Waals surface area (Å²) in [5.74, 6) is 0.121. The van der Waals surface area contributed by atoms with Crippen molar-refractivity contribution in [2.45, 2.75) is 25.7 Å². The second-order valence-corrected chi connectivity index (χ2v) is 6.69. The van der Waals surface area contributed by atoms with E-state index < -0.39 is 0 Å². The summed E-state index contributed by atoms with van der Waals surface area (Å²) in [5.41, 5.74) is 1.90. The minimum Gasteiger partial charge on any atom is -0.356 e. The first-order chi connectivity index (χ1) is 12.7. The number of piperidine rings is 1. The predicted octanol–water partition coefficient (Wildman–Crippen LogP) is 2.68. The summed E-state index contributed by atoms with van der Waals surface area (Å²) < 4.78 is 0. The summed E-state index contributed by atoms with van der Waals surface area (Å²) in [5, 5.41) is 3.05. The SMILES string of the molecule is O=C(NCCCc1ccccc1)C1CCN(C(=O)c2cccnc2)CC1. The lowest BCUT2D eigenvalue weighted by Gasteiger charge is -2.31. The highest BCUT2D eigenvalue weighted by Crippen LogP contribution is 2.19. The van der Waals surface area contributed by atoms with E-state index in [0.29, 0.717) is 25.2 Å². The number of nitrogens with zero attached hydrogens (tertiary/aromatic N) is 2. The molecule has 1 saturated heterocycles. The number of amides is 2. The van der Waals surface area contributed by atoms with Gasteiger partial charge in [-0.1, -0.05) is 30.3 Å². The number of rotatable bonds is 6. The Morgan fingerprint density at radius 1 is 1.08 bits per heavy atom. The number of likely N-dealkylation sites (tertiary alicyclic amines) is 1. The molecule has 2 amide bonds. The molecule has 2 aromatic rings. The summed E-state index contributed by atoms with van der Waals surface area (Å²) >= 11 is 0. The Labute approximate surface area is 154 Å². The molecule has 0 radical (unpaired) electrons. The standard InChI is InChI=1S/C21H25N3O2/c25-20(23-13-4-8-17-6-2-1-3-7-17)18-10-14-24(15-11-18)21(26)19-9-5-12-22-16-19/h1-3,5-7,9,12,16,18H,4,8,10-11,13-15H2,(H,23,25). The molecular weight excluding hydrogens is 326 g/mol. The first-order valence-corrected chi connectivity index (χ1v) is 9.25. The number of carbonyl (C=O) groups excluding carboxylic acids is 2. The quantitative estimate of drug-likeness (QED) is 0.814. The Morgan fingerprint density at radius 2 is 1.85 bits per heavy atom. The molecule has 1 aliphatic rings. The first kappa shape index (κ1) is 18.1. The van der Waals surface area contributed by atoms with Crippen molar-refractivity contribution in [3.63, 3.8) is 0 Å². The van der Waals surface area contributed by atoms with Gasteiger partial charge in [-0.3, -0.25) is 14.6 Å². The minimum absolute atomic E-state index is 0.000167. The van der Waals surface area contributed by atoms with Crippen molar-refractivity contribution in [2.75, 3.05) is 19.6 Å². The molecule has 0 aliphatic carbocycles. The Morgan fingerprint density at radius 3 is 2.54 bits per heavy atom. The highest BCUT2D eigenvalue weighted by molar-refractivity contribution is 5.94. The average Bonchev–Trinajstić information content (AvgIpc) is 2.72. The molecule has 5 nitrogen and oxygen atoms in total. The van der Waals surface area contributed by atoms with Gasteiger partial charge in [0.15, 0.2) is 0 Å². The predicted molar refractivity (Wildman–Crippen MR) is 101 cm³/mol. The van der Waals surface area contributed by atoms with E-state index in [0.717, 1.165) is 25.7 Å². The molecule has 0 spiro atoms. The van der Waals surface area contributed by atoms with Gasteiger partial charge in [-0.05, 0) is 43.4 Å². The van der Waals surface area contributed by atoms with Crippen molar-refractivity contribution in [3.05, 3.63) is 66.0 Å². The number of aryl methyl sites for hydroxylation is 1. The lowest BCUT2D eigenvalue weighted by atomic mass is 9.95. The number of hydrogen-bond acceptors (Lipinski definition) is 3. The average molecular weight is 351 g/mol. The number of carbonyl (C=O) groups is 2. The Balaban J connectivity index is 1.37. The number of benzene rings is 1. The van der Waals surface area contributed by atoms with Crippen LogP contribution in [0, 0.1) is 5.92 Å². The normalized spacial score (nSPS) is 14.8. The number of aromatic nitrogens is 1. The van der Waals surface area contributed by atoms with E-state index in [4.69, 9.17) is 0 Å². The largest absolute Gasteiger partial charge is 0.356 e. The molecule has 0 saturated carbocycles. The van der Waals surface area contributed by atoms with Crippen LogP contribution in [0.4, 0.5) is 0 Å². The topological polar surface area (TPSA) is 62.3 Å². The molecule has 0 unspecified atom stereocenters. The van der Waals surface area contributed by atoms with Crippen molar-refractivity contribution in [2.24, 2.45) is 5.92 Å². The maximum absolute atomic E-state index is 12.4. The van der Waals surface area contributed by atoms with Gasteiger partial charge in [0.25, 0.3) is 5.91 Å². The van der Waals surface area contributed by atoms with Gasteiger partial charge in [0.05, 0.1) is 5.56 Å². The summed E-state index contributed by atoms with van der Waals surface area (Å²) in [6.07, 6.45) is 6.60. The summed E-state index contributed by atoms with van der Waals surface area (Å²) in [6.45, 7) is 1.94. The van der Waals surface area contributed by atoms with E-state index in [2.05, 4.69) is 22.4 Å². The van der Waals surface area contributed by atoms with Crippen molar-refractivity contribution in [1.29, 1.82) is 0 Å². The van der Waals surface area contributed by atoms with E-state index >= 15 is 0 Å². The molecule has 1 aliphatic heterocycles. The van der Waals surface area contributed by atoms with Crippen LogP contribution in [0.1, 0.15) is 35.2 Å². The molecule has 2 heterocycles. The fraction of sp³-hybridized carbons (Fsp3) is 0.381. The molecule has 0 bridgehead atoms. The molecule has 1 fully saturated rings. The van der Waals surface area contributed by atoms with Crippen LogP contribution < -0.4 is 5.32 Å². The van der Waals surface area contributed by atoms with Gasteiger partial charge in [0.1, 0.15) is 0 Å². The van der Waals surface area contributed by atoms with Crippen LogP contribution in [-0.4, -0.2) is 41.3 Å². The fourth-order valence-electron chi connectivity index (χ4n) is 3.31. The highest BCUT2D eigenvalue weighted by Gasteiger charge is 2.27. The van der Waals surface area contributed by atoms with Crippen LogP contribution in [0.2, 0.25) is 0 Å². The summed E-state index contributed by atoms with van der Waals surface area (Å²) in [6, 6.07) is 13.8. The van der Waals surface area contributed by atoms with Gasteiger partial charge in [-0.25, -0.2) is 0 Å². The zero-order chi connectivity index (χ0) is 18.2. The molecule has 1 aromatic carbocycles. The van der Waals surface area contributed by atoms with Gasteiger partial charge in [-0.15, -0.1) is 0 Å². The van der Waals surface area contributed by atoms with Crippen LogP contribution >= 0.6 is 0 Å². The van der Waals surface area contributed by atoms with Crippen LogP contribution in [-0.2, 0) is 11.2 Å². The first-order valence-electron chi connectivity index (χ1n) is 9.25. The lowest BCUT2D eigenvalue weighted by molar-refractivity contribution is -0.126. The molecular formula is C21H25N3O2. The van der Waals surface area contributed by atoms with Gasteiger partial charge >= 0.3 is 0 Å². The molecule has 1 N–H and O–H groups in total. The van der Waals surface area contributed by atoms with Crippen LogP contribution in [0.5, 0.6) is 0 Å². The molecule has 0 atom stereocenters. The molecule has 26 heavy (non-hydrogen) atoms. The maximum atomic E-state index is 12.4. The van der Waals surface area contributed by atoms with E-state index in [-0.39, 0.29) is 17.7 Å². The van der Waals surface area contributed by atoms with Crippen molar-refractivity contribution >= 4 is 11.8 Å². The molecule has 136 valence electrons. The minimum atomic E-state index is -0.000167. The molecule has 1 aromatic heterocycles. The molecule has 3 rings (SSSR count). The number of pyridine rings is 1. The number of nitrogens with one attached hydrogen (secondary N) is 1. The van der Waals surface area contributed by atoms with Gasteiger partial charge < -0.3 is 10.2 Å². The summed E-state index contributed by atoms with van der Waals surface area (Å²) in [7, 11) is 0. The number of hydrogen-bond donors (Lipinski definition) is 1. The van der Waals surface area contributed by atoms with Crippen molar-refractivity contribution in [3.8, 4) is 0 Å². The summed E-state index contributed by atoms with van der Waals surface area (Å²) in [4.78, 5) is 30.6. The van der Waals surface area contributed by atoms with E-state index in [1.807, 2.05) is 23.1 Å². The van der Waals surface area contributed by atoms with E-state index in [9.17, 15) is 9.59 Å². The third-order valence-electron chi connectivity index (χ3n) is 4.85. The van der Waals surface area contributed by atoms with Crippen molar-refractivity contribution < 1.29 is 9.59 Å². The monoisotopic (exact) mass is 351 g/mol. The van der Waals surface area contributed by atoms with Crippen LogP contribution in [0.25, 0.3) is 0 Å². The Kier molecular flexibility index (Phi) is 6.36. The second kappa shape index (κ2) is 9.13. The van der Waals surface area contributed by atoms with Gasteiger partial charge in [0, 0.05) is 37.9 Å². The van der Waals surface area contributed by atoms with Crippen molar-refractivity contribution in [1.82, 2.24) is 15.2 Å². The smallest absolute Gasteiger partial charge is 0.255 e. The fourth-order valence-corrected chi connectivity index (χ4v) is 3.31. The van der Waals surface area contributed by atoms with Crippen LogP contribution in [0.15, 0.2) is 54.9 Å². The molecule has 5 heteroatoms. The van der Waals surface area contributed by atoms with Crippen LogP contribution in [0.3, 0.4) is 0 Å².